The lowest BCUT2D eigenvalue weighted by Crippen LogP contribution is -2.61. The number of hydrogen-bond acceptors (Lipinski definition) is 2. The molecule has 0 radical (unpaired) electrons. The van der Waals surface area contributed by atoms with Gasteiger partial charge in [0.05, 0.1) is 33.4 Å². The fourth-order valence-electron chi connectivity index (χ4n) is 15.1. The van der Waals surface area contributed by atoms with Crippen molar-refractivity contribution in [2.75, 3.05) is 9.80 Å². The minimum absolute atomic E-state index is 0.0305. The van der Waals surface area contributed by atoms with Crippen molar-refractivity contribution in [2.45, 2.75) is 157 Å². The van der Waals surface area contributed by atoms with Gasteiger partial charge in [-0.25, -0.2) is 0 Å². The Morgan fingerprint density at radius 3 is 0.978 bits per heavy atom. The highest BCUT2D eigenvalue weighted by atomic mass is 15.2. The van der Waals surface area contributed by atoms with Crippen LogP contribution in [-0.2, 0) is 36.5 Å². The summed E-state index contributed by atoms with van der Waals surface area (Å²) in [5, 5.41) is 5.09. The van der Waals surface area contributed by atoms with Crippen molar-refractivity contribution in [2.24, 2.45) is 0 Å². The number of rotatable bonds is 17. The molecule has 0 saturated heterocycles. The van der Waals surface area contributed by atoms with Crippen LogP contribution in [0.2, 0.25) is 0 Å². The van der Waals surface area contributed by atoms with Crippen LogP contribution in [0.5, 0.6) is 0 Å². The average molecular weight is 1160 g/mol. The van der Waals surface area contributed by atoms with Crippen LogP contribution < -0.4 is 26.2 Å². The zero-order valence-electron chi connectivity index (χ0n) is 54.4. The zero-order valence-corrected chi connectivity index (χ0v) is 54.4. The maximum atomic E-state index is 2.82. The number of fused-ring (bicyclic) bond motifs is 10. The number of nitrogens with zero attached hydrogens (tertiary/aromatic N) is 4. The lowest BCUT2D eigenvalue weighted by atomic mass is 9.33. The van der Waals surface area contributed by atoms with Gasteiger partial charge in [0.1, 0.15) is 0 Å². The van der Waals surface area contributed by atoms with E-state index in [4.69, 9.17) is 0 Å². The van der Waals surface area contributed by atoms with E-state index in [1.165, 1.54) is 150 Å². The maximum absolute atomic E-state index is 2.82. The predicted molar refractivity (Wildman–Crippen MR) is 386 cm³/mol. The Labute approximate surface area is 529 Å². The maximum Gasteiger partial charge on any atom is 0.252 e. The van der Waals surface area contributed by atoms with E-state index in [9.17, 15) is 0 Å². The van der Waals surface area contributed by atoms with Crippen molar-refractivity contribution in [3.63, 3.8) is 0 Å². The van der Waals surface area contributed by atoms with Crippen LogP contribution in [0.1, 0.15) is 154 Å². The highest BCUT2D eigenvalue weighted by Gasteiger charge is 2.46. The molecule has 2 aromatic heterocycles. The molecule has 446 valence electrons. The van der Waals surface area contributed by atoms with Gasteiger partial charge in [0.2, 0.25) is 0 Å². The van der Waals surface area contributed by atoms with Crippen molar-refractivity contribution in [3.8, 4) is 22.5 Å². The second-order valence-corrected chi connectivity index (χ2v) is 27.8. The summed E-state index contributed by atoms with van der Waals surface area (Å²) in [5.41, 5.74) is 30.1. The third kappa shape index (κ3) is 10.1. The van der Waals surface area contributed by atoms with Crippen molar-refractivity contribution < 1.29 is 0 Å². The first-order valence-corrected chi connectivity index (χ1v) is 33.7. The molecule has 0 bridgehead atoms. The first-order valence-electron chi connectivity index (χ1n) is 33.7. The number of hydrogen-bond donors (Lipinski definition) is 0. The van der Waals surface area contributed by atoms with Gasteiger partial charge < -0.3 is 18.9 Å². The molecule has 0 aliphatic carbocycles. The highest BCUT2D eigenvalue weighted by Crippen LogP contribution is 2.52. The zero-order chi connectivity index (χ0) is 61.3. The number of anilines is 6. The van der Waals surface area contributed by atoms with E-state index < -0.39 is 0 Å². The summed E-state index contributed by atoms with van der Waals surface area (Å²) in [7, 11) is 0. The molecular weight excluding hydrogens is 1080 g/mol. The Bertz CT molecular complexity index is 4220. The molecule has 10 aromatic carbocycles. The smallest absolute Gasteiger partial charge is 0.252 e. The van der Waals surface area contributed by atoms with E-state index in [1.807, 2.05) is 0 Å². The number of para-hydroxylation sites is 4. The van der Waals surface area contributed by atoms with E-state index >= 15 is 0 Å². The van der Waals surface area contributed by atoms with Gasteiger partial charge in [-0.3, -0.25) is 0 Å². The van der Waals surface area contributed by atoms with Crippen molar-refractivity contribution >= 4 is 101 Å². The molecule has 89 heavy (non-hydrogen) atoms. The van der Waals surface area contributed by atoms with Crippen LogP contribution in [0.25, 0.3) is 66.1 Å². The minimum Gasteiger partial charge on any atom is -0.311 e. The Hall–Kier alpha value is -8.54. The summed E-state index contributed by atoms with van der Waals surface area (Å²) in [4.78, 5) is 5.65. The largest absolute Gasteiger partial charge is 0.311 e. The molecule has 2 aliphatic rings. The standard InChI is InChI=1S/C84H87BN4/c1-11-15-30-57-48-62(83(5,6)7)49-58(31-16-12-2)81(57)88-76-54-64(86-72-40-26-22-36-66(72)67-37-23-27-41-73(67)86)44-46-70(76)85-71-47-45-65(87-74-42-28-24-38-68(74)69-39-25-29-43-75(69)87)55-77(71)89(79-53-61(52-78(88)80(79)85)56-34-20-19-21-35-56)82-59(32-17-13-3)50-63(84(8,9)10)51-60(82)33-18-14-4/h19-29,34-55H,11-18,30-33H2,1-10H3. The summed E-state index contributed by atoms with van der Waals surface area (Å²) in [6.07, 6.45) is 12.9. The molecule has 0 saturated carbocycles. The van der Waals surface area contributed by atoms with Crippen LogP contribution in [0.4, 0.5) is 34.1 Å². The monoisotopic (exact) mass is 1160 g/mol. The van der Waals surface area contributed by atoms with Crippen molar-refractivity contribution in [3.05, 3.63) is 234 Å². The molecule has 4 heterocycles. The molecule has 0 unspecified atom stereocenters. The van der Waals surface area contributed by atoms with Gasteiger partial charge >= 0.3 is 0 Å². The minimum atomic E-state index is -0.0965. The fraction of sp³-hybridized carbons (Fsp3) is 0.286. The highest BCUT2D eigenvalue weighted by molar-refractivity contribution is 7.00. The quantitative estimate of drug-likeness (QED) is 0.0845. The SMILES string of the molecule is CCCCc1cc(C(C)(C)C)cc(CCCC)c1N1c2cc(-n3c4ccccc4c4ccccc43)ccc2B2c3ccc(-n4c5ccccc5c5ccccc54)cc3N(c3c(CCCC)cc(C(C)(C)C)cc3CCCC)c3cc(-c4ccccc4)cc1c32. The van der Waals surface area contributed by atoms with Crippen LogP contribution in [0, 0.1) is 0 Å². The number of unbranched alkanes of at least 4 members (excludes halogenated alkanes) is 4. The molecular formula is C84H87BN4. The number of benzene rings is 10. The lowest BCUT2D eigenvalue weighted by Gasteiger charge is -2.46. The first kappa shape index (κ1) is 58.2. The van der Waals surface area contributed by atoms with E-state index in [2.05, 4.69) is 288 Å². The molecule has 14 rings (SSSR count). The second kappa shape index (κ2) is 23.4. The molecule has 0 N–H and O–H groups in total. The molecule has 0 spiro atoms. The van der Waals surface area contributed by atoms with Gasteiger partial charge in [0, 0.05) is 55.7 Å². The van der Waals surface area contributed by atoms with Crippen LogP contribution in [0.15, 0.2) is 200 Å². The van der Waals surface area contributed by atoms with Gasteiger partial charge in [0.25, 0.3) is 6.71 Å². The third-order valence-electron chi connectivity index (χ3n) is 19.7. The van der Waals surface area contributed by atoms with Gasteiger partial charge in [-0.1, -0.05) is 234 Å². The Kier molecular flexibility index (Phi) is 15.3. The van der Waals surface area contributed by atoms with Gasteiger partial charge in [-0.2, -0.15) is 0 Å². The van der Waals surface area contributed by atoms with Crippen molar-refractivity contribution in [1.82, 2.24) is 9.13 Å². The molecule has 0 atom stereocenters. The van der Waals surface area contributed by atoms with E-state index in [0.717, 1.165) is 77.0 Å². The molecule has 5 heteroatoms. The first-order chi connectivity index (χ1) is 43.3. The van der Waals surface area contributed by atoms with Gasteiger partial charge in [0.15, 0.2) is 0 Å². The average Bonchev–Trinajstić information content (AvgIpc) is 1.16. The number of aryl methyl sites for hydroxylation is 4. The second-order valence-electron chi connectivity index (χ2n) is 27.8. The van der Waals surface area contributed by atoms with Crippen LogP contribution >= 0.6 is 0 Å². The Morgan fingerprint density at radius 1 is 0.326 bits per heavy atom. The lowest BCUT2D eigenvalue weighted by molar-refractivity contribution is 0.587. The molecule has 2 aliphatic heterocycles. The summed E-state index contributed by atoms with van der Waals surface area (Å²) >= 11 is 0. The predicted octanol–water partition coefficient (Wildman–Crippen LogP) is 21.6. The number of aromatic nitrogens is 2. The van der Waals surface area contributed by atoms with Gasteiger partial charge in [-0.15, -0.1) is 0 Å². The summed E-state index contributed by atoms with van der Waals surface area (Å²) < 4.78 is 5.07. The summed E-state index contributed by atoms with van der Waals surface area (Å²) in [6, 6.07) is 78.2. The topological polar surface area (TPSA) is 16.3 Å². The fourth-order valence-corrected chi connectivity index (χ4v) is 15.1. The van der Waals surface area contributed by atoms with Gasteiger partial charge in [-0.05, 0) is 184 Å². The molecule has 4 nitrogen and oxygen atoms in total. The van der Waals surface area contributed by atoms with Crippen LogP contribution in [-0.4, -0.2) is 15.8 Å². The van der Waals surface area contributed by atoms with Crippen molar-refractivity contribution in [1.29, 1.82) is 0 Å². The summed E-state index contributed by atoms with van der Waals surface area (Å²) in [6.45, 7) is 23.8. The molecule has 0 fully saturated rings. The Balaban J connectivity index is 1.16. The molecule has 12 aromatic rings. The Morgan fingerprint density at radius 2 is 0.652 bits per heavy atom. The third-order valence-corrected chi connectivity index (χ3v) is 19.7. The summed E-state index contributed by atoms with van der Waals surface area (Å²) in [5.74, 6) is 0. The molecule has 0 amide bonds. The van der Waals surface area contributed by atoms with E-state index in [1.54, 1.807) is 0 Å². The van der Waals surface area contributed by atoms with E-state index in [-0.39, 0.29) is 17.5 Å². The van der Waals surface area contributed by atoms with Crippen LogP contribution in [0.3, 0.4) is 0 Å². The van der Waals surface area contributed by atoms with E-state index in [0.29, 0.717) is 0 Å². The normalized spacial score (nSPS) is 13.1.